The number of anilines is 1. The SMILES string of the molecule is CCCCC(CC(=O)c1nc(N2C[C@@H](C)N(C)[C@H](C)C2)n[nH]1)Cc1c[nH]c2ccccc12. The zero-order valence-corrected chi connectivity index (χ0v) is 19.8. The third-order valence-electron chi connectivity index (χ3n) is 7.00. The Balaban J connectivity index is 1.44. The van der Waals surface area contributed by atoms with Gasteiger partial charge in [-0.15, -0.1) is 5.10 Å². The average molecular weight is 437 g/mol. The molecule has 3 atom stereocenters. The van der Waals surface area contributed by atoms with Gasteiger partial charge >= 0.3 is 0 Å². The van der Waals surface area contributed by atoms with Gasteiger partial charge in [-0.3, -0.25) is 14.8 Å². The fourth-order valence-corrected chi connectivity index (χ4v) is 4.83. The summed E-state index contributed by atoms with van der Waals surface area (Å²) in [6.45, 7) is 8.36. The quantitative estimate of drug-likeness (QED) is 0.485. The molecule has 0 aliphatic carbocycles. The number of aromatic nitrogens is 4. The second-order valence-corrected chi connectivity index (χ2v) is 9.45. The molecule has 3 heterocycles. The van der Waals surface area contributed by atoms with Crippen LogP contribution in [0.15, 0.2) is 30.5 Å². The lowest BCUT2D eigenvalue weighted by atomic mass is 9.89. The maximum atomic E-state index is 13.1. The largest absolute Gasteiger partial charge is 0.361 e. The monoisotopic (exact) mass is 436 g/mol. The van der Waals surface area contributed by atoms with Crippen LogP contribution in [0.1, 0.15) is 62.6 Å². The van der Waals surface area contributed by atoms with E-state index in [0.717, 1.165) is 44.3 Å². The van der Waals surface area contributed by atoms with Crippen LogP contribution in [0.4, 0.5) is 5.95 Å². The summed E-state index contributed by atoms with van der Waals surface area (Å²) in [7, 11) is 2.16. The molecule has 1 aliphatic rings. The van der Waals surface area contributed by atoms with E-state index in [-0.39, 0.29) is 5.78 Å². The number of fused-ring (bicyclic) bond motifs is 1. The minimum absolute atomic E-state index is 0.0555. The minimum atomic E-state index is 0.0555. The Kier molecular flexibility index (Phi) is 6.94. The van der Waals surface area contributed by atoms with Crippen molar-refractivity contribution in [1.29, 1.82) is 0 Å². The molecule has 3 aromatic rings. The summed E-state index contributed by atoms with van der Waals surface area (Å²) in [5.41, 5.74) is 2.44. The second kappa shape index (κ2) is 9.86. The summed E-state index contributed by atoms with van der Waals surface area (Å²) in [5.74, 6) is 1.38. The number of aromatic amines is 2. The third-order valence-corrected chi connectivity index (χ3v) is 7.00. The number of carbonyl (C=O) groups excluding carboxylic acids is 1. The number of likely N-dealkylation sites (N-methyl/N-ethyl adjacent to an activating group) is 1. The molecule has 0 spiro atoms. The highest BCUT2D eigenvalue weighted by Crippen LogP contribution is 2.26. The Morgan fingerprint density at radius 2 is 1.97 bits per heavy atom. The van der Waals surface area contributed by atoms with Gasteiger partial charge < -0.3 is 9.88 Å². The maximum absolute atomic E-state index is 13.1. The highest BCUT2D eigenvalue weighted by molar-refractivity contribution is 5.93. The molecule has 1 unspecified atom stereocenters. The molecule has 7 heteroatoms. The lowest BCUT2D eigenvalue weighted by molar-refractivity contribution is 0.0948. The molecule has 0 saturated carbocycles. The van der Waals surface area contributed by atoms with Crippen LogP contribution < -0.4 is 4.90 Å². The molecule has 32 heavy (non-hydrogen) atoms. The molecule has 0 bridgehead atoms. The van der Waals surface area contributed by atoms with E-state index in [1.165, 1.54) is 10.9 Å². The van der Waals surface area contributed by atoms with E-state index in [1.807, 2.05) is 6.07 Å². The zero-order chi connectivity index (χ0) is 22.7. The topological polar surface area (TPSA) is 80.9 Å². The van der Waals surface area contributed by atoms with E-state index in [1.54, 1.807) is 0 Å². The second-order valence-electron chi connectivity index (χ2n) is 9.45. The molecule has 7 nitrogen and oxygen atoms in total. The number of ketones is 1. The zero-order valence-electron chi connectivity index (χ0n) is 19.8. The first-order chi connectivity index (χ1) is 15.5. The normalized spacial score (nSPS) is 20.7. The Bertz CT molecular complexity index is 1030. The summed E-state index contributed by atoms with van der Waals surface area (Å²) in [6.07, 6.45) is 6.77. The van der Waals surface area contributed by atoms with Crippen molar-refractivity contribution in [3.63, 3.8) is 0 Å². The van der Waals surface area contributed by atoms with Gasteiger partial charge in [-0.05, 0) is 51.3 Å². The lowest BCUT2D eigenvalue weighted by Crippen LogP contribution is -2.55. The molecular formula is C25H36N6O. The van der Waals surface area contributed by atoms with Crippen molar-refractivity contribution in [3.8, 4) is 0 Å². The molecule has 4 rings (SSSR count). The molecule has 1 aliphatic heterocycles. The summed E-state index contributed by atoms with van der Waals surface area (Å²) in [4.78, 5) is 25.6. The van der Waals surface area contributed by atoms with Crippen molar-refractivity contribution in [1.82, 2.24) is 25.1 Å². The highest BCUT2D eigenvalue weighted by atomic mass is 16.1. The first-order valence-electron chi connectivity index (χ1n) is 11.9. The van der Waals surface area contributed by atoms with Gasteiger partial charge in [0.25, 0.3) is 0 Å². The van der Waals surface area contributed by atoms with E-state index < -0.39 is 0 Å². The number of piperazine rings is 1. The maximum Gasteiger partial charge on any atom is 0.245 e. The average Bonchev–Trinajstić information content (AvgIpc) is 3.43. The standard InChI is InChI=1S/C25H36N6O/c1-5-6-9-19(12-20-14-26-22-11-8-7-10-21(20)22)13-23(32)24-27-25(29-28-24)31-15-17(2)30(4)18(3)16-31/h7-8,10-11,14,17-19,26H,5-6,9,12-13,15-16H2,1-4H3,(H,27,28,29)/t17-,18-,19?/m1/s1. The van der Waals surface area contributed by atoms with Gasteiger partial charge in [-0.25, -0.2) is 0 Å². The first kappa shape index (κ1) is 22.5. The van der Waals surface area contributed by atoms with Crippen molar-refractivity contribution in [2.75, 3.05) is 25.0 Å². The van der Waals surface area contributed by atoms with E-state index in [4.69, 9.17) is 0 Å². The number of unbranched alkanes of at least 4 members (excludes halogenated alkanes) is 1. The van der Waals surface area contributed by atoms with Gasteiger partial charge in [0.2, 0.25) is 5.95 Å². The summed E-state index contributed by atoms with van der Waals surface area (Å²) in [6, 6.07) is 9.21. The van der Waals surface area contributed by atoms with Crippen LogP contribution >= 0.6 is 0 Å². The molecule has 172 valence electrons. The van der Waals surface area contributed by atoms with Crippen LogP contribution in [0.25, 0.3) is 10.9 Å². The lowest BCUT2D eigenvalue weighted by Gasteiger charge is -2.41. The van der Waals surface area contributed by atoms with Gasteiger partial charge in [0, 0.05) is 48.7 Å². The highest BCUT2D eigenvalue weighted by Gasteiger charge is 2.29. The number of hydrogen-bond donors (Lipinski definition) is 2. The molecule has 1 aromatic carbocycles. The Labute approximate surface area is 190 Å². The number of benzene rings is 1. The van der Waals surface area contributed by atoms with Crippen LogP contribution in [0, 0.1) is 5.92 Å². The molecular weight excluding hydrogens is 400 g/mol. The fourth-order valence-electron chi connectivity index (χ4n) is 4.83. The molecule has 2 aromatic heterocycles. The number of nitrogens with one attached hydrogen (secondary N) is 2. The number of hydrogen-bond acceptors (Lipinski definition) is 5. The predicted octanol–water partition coefficient (Wildman–Crippen LogP) is 4.44. The number of para-hydroxylation sites is 1. The van der Waals surface area contributed by atoms with E-state index in [9.17, 15) is 4.79 Å². The number of Topliss-reactive ketones (excluding diaryl/α,β-unsaturated/α-hetero) is 1. The molecule has 0 amide bonds. The number of rotatable bonds is 9. The Morgan fingerprint density at radius 3 is 2.72 bits per heavy atom. The van der Waals surface area contributed by atoms with Crippen molar-refractivity contribution in [2.24, 2.45) is 5.92 Å². The van der Waals surface area contributed by atoms with Gasteiger partial charge in [-0.1, -0.05) is 38.0 Å². The van der Waals surface area contributed by atoms with Gasteiger partial charge in [0.15, 0.2) is 11.6 Å². The number of carbonyl (C=O) groups is 1. The Morgan fingerprint density at radius 1 is 1.22 bits per heavy atom. The van der Waals surface area contributed by atoms with Crippen LogP contribution in [0.2, 0.25) is 0 Å². The number of H-pyrrole nitrogens is 2. The summed E-state index contributed by atoms with van der Waals surface area (Å²) >= 11 is 0. The molecule has 1 fully saturated rings. The van der Waals surface area contributed by atoms with Gasteiger partial charge in [-0.2, -0.15) is 4.98 Å². The van der Waals surface area contributed by atoms with Crippen LogP contribution in [0.5, 0.6) is 0 Å². The van der Waals surface area contributed by atoms with Gasteiger partial charge in [0.05, 0.1) is 0 Å². The summed E-state index contributed by atoms with van der Waals surface area (Å²) in [5, 5.41) is 8.56. The molecule has 1 saturated heterocycles. The van der Waals surface area contributed by atoms with Crippen LogP contribution in [0.3, 0.4) is 0 Å². The van der Waals surface area contributed by atoms with E-state index in [2.05, 4.69) is 82.2 Å². The molecule has 2 N–H and O–H groups in total. The smallest absolute Gasteiger partial charge is 0.245 e. The van der Waals surface area contributed by atoms with Crippen LogP contribution in [-0.4, -0.2) is 63.1 Å². The third kappa shape index (κ3) is 4.88. The van der Waals surface area contributed by atoms with Crippen molar-refractivity contribution < 1.29 is 4.79 Å². The summed E-state index contributed by atoms with van der Waals surface area (Å²) < 4.78 is 0. The minimum Gasteiger partial charge on any atom is -0.361 e. The predicted molar refractivity (Wildman–Crippen MR) is 129 cm³/mol. The first-order valence-corrected chi connectivity index (χ1v) is 11.9. The van der Waals surface area contributed by atoms with Crippen LogP contribution in [-0.2, 0) is 6.42 Å². The van der Waals surface area contributed by atoms with Crippen molar-refractivity contribution in [3.05, 3.63) is 41.9 Å². The number of nitrogens with zero attached hydrogens (tertiary/aromatic N) is 4. The fraction of sp³-hybridized carbons (Fsp3) is 0.560. The van der Waals surface area contributed by atoms with E-state index in [0.29, 0.717) is 36.2 Å². The van der Waals surface area contributed by atoms with Crippen molar-refractivity contribution >= 4 is 22.6 Å². The van der Waals surface area contributed by atoms with E-state index >= 15 is 0 Å². The van der Waals surface area contributed by atoms with Crippen molar-refractivity contribution in [2.45, 2.75) is 65.0 Å². The van der Waals surface area contributed by atoms with Gasteiger partial charge in [0.1, 0.15) is 0 Å². The molecule has 0 radical (unpaired) electrons. The Hall–Kier alpha value is -2.67.